The molecule has 4 rings (SSSR count). The maximum atomic E-state index is 12.8. The van der Waals surface area contributed by atoms with Crippen molar-refractivity contribution in [2.75, 3.05) is 23.7 Å². The van der Waals surface area contributed by atoms with E-state index in [1.165, 1.54) is 24.0 Å². The van der Waals surface area contributed by atoms with Crippen molar-refractivity contribution in [1.82, 2.24) is 4.90 Å². The van der Waals surface area contributed by atoms with Crippen LogP contribution >= 0.6 is 0 Å². The quantitative estimate of drug-likeness (QED) is 0.409. The van der Waals surface area contributed by atoms with Gasteiger partial charge >= 0.3 is 0 Å². The number of piperidine rings is 1. The second-order valence-corrected chi connectivity index (χ2v) is 11.0. The molecule has 0 atom stereocenters. The Labute approximate surface area is 214 Å². The highest BCUT2D eigenvalue weighted by Crippen LogP contribution is 2.23. The van der Waals surface area contributed by atoms with Gasteiger partial charge in [-0.3, -0.25) is 14.5 Å². The first-order valence-electron chi connectivity index (χ1n) is 12.8. The van der Waals surface area contributed by atoms with Gasteiger partial charge in [0.25, 0.3) is 11.8 Å². The van der Waals surface area contributed by atoms with Crippen molar-refractivity contribution in [2.24, 2.45) is 5.92 Å². The Bertz CT molecular complexity index is 1190. The Balaban J connectivity index is 1.34. The van der Waals surface area contributed by atoms with E-state index in [1.807, 2.05) is 66.7 Å². The van der Waals surface area contributed by atoms with Crippen LogP contribution in [0.2, 0.25) is 0 Å². The Morgan fingerprint density at radius 2 is 1.31 bits per heavy atom. The van der Waals surface area contributed by atoms with Crippen molar-refractivity contribution in [3.05, 3.63) is 95.1 Å². The smallest absolute Gasteiger partial charge is 0.255 e. The lowest BCUT2D eigenvalue weighted by Crippen LogP contribution is -2.32. The van der Waals surface area contributed by atoms with Crippen LogP contribution in [0.3, 0.4) is 0 Å². The fourth-order valence-corrected chi connectivity index (χ4v) is 4.44. The number of nitrogens with one attached hydrogen (secondary N) is 2. The molecule has 5 nitrogen and oxygen atoms in total. The zero-order valence-electron chi connectivity index (χ0n) is 21.8. The second kappa shape index (κ2) is 11.1. The second-order valence-electron chi connectivity index (χ2n) is 11.0. The molecule has 0 bridgehead atoms. The van der Waals surface area contributed by atoms with Crippen LogP contribution in [0.15, 0.2) is 72.8 Å². The van der Waals surface area contributed by atoms with E-state index in [-0.39, 0.29) is 17.2 Å². The molecule has 3 aromatic rings. The summed E-state index contributed by atoms with van der Waals surface area (Å²) < 4.78 is 0. The maximum Gasteiger partial charge on any atom is 0.255 e. The minimum Gasteiger partial charge on any atom is -0.322 e. The predicted molar refractivity (Wildman–Crippen MR) is 148 cm³/mol. The largest absolute Gasteiger partial charge is 0.322 e. The lowest BCUT2D eigenvalue weighted by atomic mass is 9.87. The minimum absolute atomic E-state index is 0.0357. The van der Waals surface area contributed by atoms with Crippen LogP contribution in [0.4, 0.5) is 11.4 Å². The van der Waals surface area contributed by atoms with Gasteiger partial charge in [-0.2, -0.15) is 0 Å². The van der Waals surface area contributed by atoms with Gasteiger partial charge in [0.2, 0.25) is 0 Å². The van der Waals surface area contributed by atoms with Crippen molar-refractivity contribution in [3.63, 3.8) is 0 Å². The van der Waals surface area contributed by atoms with Gasteiger partial charge in [0.05, 0.1) is 0 Å². The molecule has 0 unspecified atom stereocenters. The van der Waals surface area contributed by atoms with E-state index < -0.39 is 0 Å². The summed E-state index contributed by atoms with van der Waals surface area (Å²) in [7, 11) is 0. The normalized spacial score (nSPS) is 14.9. The highest BCUT2D eigenvalue weighted by molar-refractivity contribution is 6.06. The lowest BCUT2D eigenvalue weighted by Gasteiger charge is -2.30. The number of carbonyl (C=O) groups excluding carboxylic acids is 2. The van der Waals surface area contributed by atoms with Crippen LogP contribution in [0.25, 0.3) is 0 Å². The van der Waals surface area contributed by atoms with E-state index in [0.29, 0.717) is 22.5 Å². The summed E-state index contributed by atoms with van der Waals surface area (Å²) in [5.41, 5.74) is 4.90. The molecule has 0 saturated carbocycles. The van der Waals surface area contributed by atoms with Crippen molar-refractivity contribution < 1.29 is 9.59 Å². The minimum atomic E-state index is -0.183. The number of hydrogen-bond acceptors (Lipinski definition) is 3. The van der Waals surface area contributed by atoms with E-state index in [1.54, 1.807) is 6.07 Å². The Kier molecular flexibility index (Phi) is 7.90. The molecular formula is C31H37N3O2. The zero-order valence-corrected chi connectivity index (χ0v) is 21.8. The van der Waals surface area contributed by atoms with Gasteiger partial charge in [0.1, 0.15) is 0 Å². The van der Waals surface area contributed by atoms with E-state index in [2.05, 4.69) is 43.2 Å². The molecule has 0 radical (unpaired) electrons. The summed E-state index contributed by atoms with van der Waals surface area (Å²) >= 11 is 0. The SMILES string of the molecule is CC1CCN(Cc2ccc(C(=O)Nc3cccc(NC(=O)c4ccc(C(C)(C)C)cc4)c3)cc2)CC1. The molecule has 1 saturated heterocycles. The number of amides is 2. The van der Waals surface area contributed by atoms with Gasteiger partial charge in [-0.1, -0.05) is 58.0 Å². The van der Waals surface area contributed by atoms with Gasteiger partial charge < -0.3 is 10.6 Å². The Hall–Kier alpha value is -3.44. The van der Waals surface area contributed by atoms with E-state index in [4.69, 9.17) is 0 Å². The lowest BCUT2D eigenvalue weighted by molar-refractivity contribution is 0.101. The molecule has 2 amide bonds. The van der Waals surface area contributed by atoms with E-state index >= 15 is 0 Å². The topological polar surface area (TPSA) is 61.4 Å². The third-order valence-electron chi connectivity index (χ3n) is 6.89. The number of likely N-dealkylation sites (tertiary alicyclic amines) is 1. The first-order chi connectivity index (χ1) is 17.2. The molecule has 0 aromatic heterocycles. The molecule has 0 spiro atoms. The van der Waals surface area contributed by atoms with Gasteiger partial charge in [-0.15, -0.1) is 0 Å². The fourth-order valence-electron chi connectivity index (χ4n) is 4.44. The number of rotatable bonds is 6. The summed E-state index contributed by atoms with van der Waals surface area (Å²) in [5, 5.41) is 5.86. The predicted octanol–water partition coefficient (Wildman–Crippen LogP) is 6.72. The number of anilines is 2. The van der Waals surface area contributed by atoms with Crippen LogP contribution in [-0.2, 0) is 12.0 Å². The summed E-state index contributed by atoms with van der Waals surface area (Å²) in [6, 6.07) is 22.7. The van der Waals surface area contributed by atoms with Crippen LogP contribution in [0.5, 0.6) is 0 Å². The Morgan fingerprint density at radius 1 is 0.806 bits per heavy atom. The number of carbonyl (C=O) groups is 2. The van der Waals surface area contributed by atoms with Crippen molar-refractivity contribution in [3.8, 4) is 0 Å². The fraction of sp³-hybridized carbons (Fsp3) is 0.355. The average molecular weight is 484 g/mol. The van der Waals surface area contributed by atoms with Gasteiger partial charge in [-0.05, 0) is 90.9 Å². The first kappa shape index (κ1) is 25.6. The molecular weight excluding hydrogens is 446 g/mol. The van der Waals surface area contributed by atoms with E-state index in [9.17, 15) is 9.59 Å². The summed E-state index contributed by atoms with van der Waals surface area (Å²) in [6.07, 6.45) is 2.51. The maximum absolute atomic E-state index is 12.8. The molecule has 0 aliphatic carbocycles. The number of benzene rings is 3. The molecule has 36 heavy (non-hydrogen) atoms. The summed E-state index contributed by atoms with van der Waals surface area (Å²) in [4.78, 5) is 28.0. The third kappa shape index (κ3) is 6.82. The molecule has 1 heterocycles. The summed E-state index contributed by atoms with van der Waals surface area (Å²) in [6.45, 7) is 12.0. The molecule has 1 fully saturated rings. The van der Waals surface area contributed by atoms with Crippen LogP contribution in [-0.4, -0.2) is 29.8 Å². The highest BCUT2D eigenvalue weighted by atomic mass is 16.2. The highest BCUT2D eigenvalue weighted by Gasteiger charge is 2.17. The average Bonchev–Trinajstić information content (AvgIpc) is 2.85. The van der Waals surface area contributed by atoms with Crippen molar-refractivity contribution in [1.29, 1.82) is 0 Å². The van der Waals surface area contributed by atoms with Gasteiger partial charge in [-0.25, -0.2) is 0 Å². The monoisotopic (exact) mass is 483 g/mol. The van der Waals surface area contributed by atoms with Crippen molar-refractivity contribution >= 4 is 23.2 Å². The van der Waals surface area contributed by atoms with Crippen LogP contribution in [0.1, 0.15) is 72.4 Å². The molecule has 1 aliphatic rings. The van der Waals surface area contributed by atoms with Crippen LogP contribution < -0.4 is 10.6 Å². The molecule has 2 N–H and O–H groups in total. The molecule has 5 heteroatoms. The van der Waals surface area contributed by atoms with Crippen LogP contribution in [0, 0.1) is 5.92 Å². The molecule has 1 aliphatic heterocycles. The third-order valence-corrected chi connectivity index (χ3v) is 6.89. The van der Waals surface area contributed by atoms with Gasteiger partial charge in [0, 0.05) is 29.0 Å². The number of nitrogens with zero attached hydrogens (tertiary/aromatic N) is 1. The van der Waals surface area contributed by atoms with Crippen molar-refractivity contribution in [2.45, 2.75) is 52.5 Å². The Morgan fingerprint density at radius 3 is 1.81 bits per heavy atom. The van der Waals surface area contributed by atoms with E-state index in [0.717, 1.165) is 25.6 Å². The standard InChI is InChI=1S/C31H37N3O2/c1-22-16-18-34(19-17-22)21-23-8-10-24(11-9-23)29(35)32-27-6-5-7-28(20-27)33-30(36)25-12-14-26(15-13-25)31(2,3)4/h5-15,20,22H,16-19,21H2,1-4H3,(H,32,35)(H,33,36). The molecule has 3 aromatic carbocycles. The molecule has 188 valence electrons. The van der Waals surface area contributed by atoms with Gasteiger partial charge in [0.15, 0.2) is 0 Å². The first-order valence-corrected chi connectivity index (χ1v) is 12.8. The number of hydrogen-bond donors (Lipinski definition) is 2. The summed E-state index contributed by atoms with van der Waals surface area (Å²) in [5.74, 6) is 0.464. The zero-order chi connectivity index (χ0) is 25.7.